The van der Waals surface area contributed by atoms with Gasteiger partial charge in [-0.25, -0.2) is 4.98 Å². The molecule has 12 heavy (non-hydrogen) atoms. The SMILES string of the molecule is [B](c1ccccc1)c1ncn[nH]1. The van der Waals surface area contributed by atoms with Crippen LogP contribution in [0.3, 0.4) is 0 Å². The number of hydrogen-bond acceptors (Lipinski definition) is 2. The van der Waals surface area contributed by atoms with E-state index in [1.807, 2.05) is 37.6 Å². The van der Waals surface area contributed by atoms with Crippen molar-refractivity contribution in [1.29, 1.82) is 0 Å². The lowest BCUT2D eigenvalue weighted by atomic mass is 9.70. The molecule has 0 atom stereocenters. The average Bonchev–Trinajstić information content (AvgIpc) is 2.59. The van der Waals surface area contributed by atoms with Gasteiger partial charge in [0, 0.05) is 0 Å². The van der Waals surface area contributed by atoms with Crippen LogP contribution in [0.15, 0.2) is 36.7 Å². The quantitative estimate of drug-likeness (QED) is 0.593. The largest absolute Gasteiger partial charge is 0.273 e. The van der Waals surface area contributed by atoms with Crippen LogP contribution in [0.2, 0.25) is 0 Å². The first-order valence-corrected chi connectivity index (χ1v) is 3.70. The lowest BCUT2D eigenvalue weighted by Gasteiger charge is -1.93. The van der Waals surface area contributed by atoms with E-state index in [1.165, 1.54) is 6.33 Å². The van der Waals surface area contributed by atoms with Crippen LogP contribution in [0.1, 0.15) is 0 Å². The Balaban J connectivity index is 2.15. The lowest BCUT2D eigenvalue weighted by molar-refractivity contribution is 1.11. The summed E-state index contributed by atoms with van der Waals surface area (Å²) in [4.78, 5) is 3.99. The first-order valence-electron chi connectivity index (χ1n) is 3.70. The Labute approximate surface area is 71.1 Å². The van der Waals surface area contributed by atoms with E-state index < -0.39 is 0 Å². The number of aromatic amines is 1. The van der Waals surface area contributed by atoms with Crippen LogP contribution < -0.4 is 11.2 Å². The van der Waals surface area contributed by atoms with Gasteiger partial charge in [0.1, 0.15) is 6.33 Å². The molecule has 1 aromatic carbocycles. The second kappa shape index (κ2) is 3.22. The maximum atomic E-state index is 3.99. The van der Waals surface area contributed by atoms with Gasteiger partial charge >= 0.3 is 0 Å². The standard InChI is InChI=1S/C8H7BN3/c1-2-4-7(5-3-1)9-8-10-6-11-12-8/h1-6H,(H,10,11,12). The minimum Gasteiger partial charge on any atom is -0.273 e. The third-order valence-electron chi connectivity index (χ3n) is 1.54. The van der Waals surface area contributed by atoms with Crippen molar-refractivity contribution in [2.24, 2.45) is 0 Å². The highest BCUT2D eigenvalue weighted by molar-refractivity contribution is 6.65. The second-order valence-corrected chi connectivity index (χ2v) is 2.43. The molecule has 0 aliphatic carbocycles. The summed E-state index contributed by atoms with van der Waals surface area (Å²) in [5.41, 5.74) is 1.90. The zero-order valence-electron chi connectivity index (χ0n) is 6.44. The van der Waals surface area contributed by atoms with Crippen LogP contribution in [-0.4, -0.2) is 22.5 Å². The Morgan fingerprint density at radius 1 is 1.17 bits per heavy atom. The van der Waals surface area contributed by atoms with Crippen molar-refractivity contribution in [2.75, 3.05) is 0 Å². The number of nitrogens with one attached hydrogen (secondary N) is 1. The van der Waals surface area contributed by atoms with Crippen LogP contribution in [0.4, 0.5) is 0 Å². The molecule has 0 aliphatic rings. The van der Waals surface area contributed by atoms with E-state index in [0.29, 0.717) is 0 Å². The van der Waals surface area contributed by atoms with Gasteiger partial charge in [-0.3, -0.25) is 5.10 Å². The monoisotopic (exact) mass is 156 g/mol. The Morgan fingerprint density at radius 2 is 2.00 bits per heavy atom. The van der Waals surface area contributed by atoms with E-state index in [4.69, 9.17) is 0 Å². The number of hydrogen-bond donors (Lipinski definition) is 1. The van der Waals surface area contributed by atoms with Crippen molar-refractivity contribution in [3.63, 3.8) is 0 Å². The highest BCUT2D eigenvalue weighted by Crippen LogP contribution is 1.79. The van der Waals surface area contributed by atoms with Gasteiger partial charge in [0.25, 0.3) is 0 Å². The fraction of sp³-hybridized carbons (Fsp3) is 0. The van der Waals surface area contributed by atoms with Crippen molar-refractivity contribution < 1.29 is 0 Å². The Hall–Kier alpha value is -1.58. The average molecular weight is 156 g/mol. The Morgan fingerprint density at radius 3 is 2.67 bits per heavy atom. The minimum absolute atomic E-state index is 0.779. The Bertz CT molecular complexity index is 330. The van der Waals surface area contributed by atoms with Gasteiger partial charge < -0.3 is 0 Å². The minimum atomic E-state index is 0.779. The Kier molecular flexibility index (Phi) is 1.90. The van der Waals surface area contributed by atoms with Gasteiger partial charge in [0.15, 0.2) is 0 Å². The maximum Gasteiger partial charge on any atom is 0.242 e. The maximum absolute atomic E-state index is 3.99. The van der Waals surface area contributed by atoms with Crippen molar-refractivity contribution in [1.82, 2.24) is 15.2 Å². The molecule has 0 saturated heterocycles. The zero-order valence-corrected chi connectivity index (χ0v) is 6.44. The molecule has 3 nitrogen and oxygen atoms in total. The van der Waals surface area contributed by atoms with Gasteiger partial charge in [0.2, 0.25) is 7.28 Å². The summed E-state index contributed by atoms with van der Waals surface area (Å²) in [6, 6.07) is 9.99. The number of nitrogens with zero attached hydrogens (tertiary/aromatic N) is 2. The van der Waals surface area contributed by atoms with Crippen LogP contribution in [0.25, 0.3) is 0 Å². The van der Waals surface area contributed by atoms with Gasteiger partial charge in [-0.2, -0.15) is 5.10 Å². The van der Waals surface area contributed by atoms with Crippen LogP contribution in [-0.2, 0) is 0 Å². The molecule has 2 aromatic rings. The number of aromatic nitrogens is 3. The molecule has 0 bridgehead atoms. The van der Waals surface area contributed by atoms with E-state index in [0.717, 1.165) is 11.2 Å². The normalized spacial score (nSPS) is 9.67. The predicted molar refractivity (Wildman–Crippen MR) is 47.8 cm³/mol. The summed E-state index contributed by atoms with van der Waals surface area (Å²) in [5.74, 6) is 0. The molecule has 4 heteroatoms. The summed E-state index contributed by atoms with van der Waals surface area (Å²) in [6.07, 6.45) is 1.49. The smallest absolute Gasteiger partial charge is 0.242 e. The molecule has 57 valence electrons. The summed E-state index contributed by atoms with van der Waals surface area (Å²) >= 11 is 0. The fourth-order valence-corrected chi connectivity index (χ4v) is 0.992. The summed E-state index contributed by atoms with van der Waals surface area (Å²) in [6.45, 7) is 0. The molecule has 2 rings (SSSR count). The molecule has 0 unspecified atom stereocenters. The molecular weight excluding hydrogens is 149 g/mol. The molecule has 1 radical (unpaired) electrons. The molecule has 1 N–H and O–H groups in total. The molecule has 0 spiro atoms. The van der Waals surface area contributed by atoms with E-state index in [-0.39, 0.29) is 0 Å². The van der Waals surface area contributed by atoms with E-state index in [1.54, 1.807) is 0 Å². The van der Waals surface area contributed by atoms with Crippen molar-refractivity contribution >= 4 is 18.5 Å². The summed E-state index contributed by atoms with van der Waals surface area (Å²) in [5, 5.41) is 6.52. The first kappa shape index (κ1) is 7.09. The lowest BCUT2D eigenvalue weighted by Crippen LogP contribution is -2.29. The van der Waals surface area contributed by atoms with Gasteiger partial charge in [-0.15, -0.1) is 0 Å². The van der Waals surface area contributed by atoms with E-state index in [2.05, 4.69) is 15.2 Å². The predicted octanol–water partition coefficient (Wildman–Crippen LogP) is -0.540. The molecule has 1 heterocycles. The third-order valence-corrected chi connectivity index (χ3v) is 1.54. The van der Waals surface area contributed by atoms with Crippen LogP contribution in [0, 0.1) is 0 Å². The van der Waals surface area contributed by atoms with Crippen molar-refractivity contribution in [2.45, 2.75) is 0 Å². The highest BCUT2D eigenvalue weighted by Gasteiger charge is 1.99. The number of benzene rings is 1. The highest BCUT2D eigenvalue weighted by atomic mass is 15.2. The second-order valence-electron chi connectivity index (χ2n) is 2.43. The number of rotatable bonds is 2. The molecular formula is C8H7BN3. The van der Waals surface area contributed by atoms with Crippen LogP contribution >= 0.6 is 0 Å². The molecule has 0 amide bonds. The fourth-order valence-electron chi connectivity index (χ4n) is 0.992. The zero-order chi connectivity index (χ0) is 8.23. The molecule has 0 fully saturated rings. The molecule has 1 aromatic heterocycles. The van der Waals surface area contributed by atoms with Gasteiger partial charge in [-0.1, -0.05) is 35.8 Å². The summed E-state index contributed by atoms with van der Waals surface area (Å²) < 4.78 is 0. The molecule has 0 saturated carbocycles. The summed E-state index contributed by atoms with van der Waals surface area (Å²) in [7, 11) is 1.94. The van der Waals surface area contributed by atoms with Gasteiger partial charge in [0.05, 0.1) is 5.72 Å². The van der Waals surface area contributed by atoms with E-state index in [9.17, 15) is 0 Å². The molecule has 0 aliphatic heterocycles. The van der Waals surface area contributed by atoms with E-state index >= 15 is 0 Å². The first-order chi connectivity index (χ1) is 5.95. The van der Waals surface area contributed by atoms with Crippen molar-refractivity contribution in [3.05, 3.63) is 36.7 Å². The van der Waals surface area contributed by atoms with Gasteiger partial charge in [-0.05, 0) is 0 Å². The van der Waals surface area contributed by atoms with Crippen molar-refractivity contribution in [3.8, 4) is 0 Å². The topological polar surface area (TPSA) is 41.6 Å². The third kappa shape index (κ3) is 1.53. The van der Waals surface area contributed by atoms with Crippen LogP contribution in [0.5, 0.6) is 0 Å². The number of H-pyrrole nitrogens is 1.